The molecule has 1 aromatic carbocycles. The number of carbonyl (C=O) groups is 2. The zero-order valence-corrected chi connectivity index (χ0v) is 11.8. The molecule has 0 heterocycles. The van der Waals surface area contributed by atoms with Crippen molar-refractivity contribution < 1.29 is 18.7 Å². The predicted octanol–water partition coefficient (Wildman–Crippen LogP) is 1.87. The standard InChI is InChI=1S/C14H19FN2O3/c1-4-8(2)17-13(18)9(3)20-14(19)10-5-6-11(15)12(16)7-10/h5-9H,4,16H2,1-3H3,(H,17,18). The van der Waals surface area contributed by atoms with Crippen LogP contribution in [0, 0.1) is 5.82 Å². The Morgan fingerprint density at radius 2 is 2.05 bits per heavy atom. The minimum absolute atomic E-state index is 0.00474. The molecule has 6 heteroatoms. The summed E-state index contributed by atoms with van der Waals surface area (Å²) in [6.45, 7) is 5.26. The van der Waals surface area contributed by atoms with E-state index in [0.717, 1.165) is 12.5 Å². The summed E-state index contributed by atoms with van der Waals surface area (Å²) >= 11 is 0. The number of hydrogen-bond donors (Lipinski definition) is 2. The molecule has 5 nitrogen and oxygen atoms in total. The number of anilines is 1. The van der Waals surface area contributed by atoms with Crippen molar-refractivity contribution in [1.29, 1.82) is 0 Å². The maximum Gasteiger partial charge on any atom is 0.338 e. The van der Waals surface area contributed by atoms with E-state index in [1.807, 2.05) is 13.8 Å². The topological polar surface area (TPSA) is 81.4 Å². The van der Waals surface area contributed by atoms with Gasteiger partial charge in [-0.05, 0) is 38.5 Å². The van der Waals surface area contributed by atoms with Crippen LogP contribution in [0.4, 0.5) is 10.1 Å². The quantitative estimate of drug-likeness (QED) is 0.638. The Hall–Kier alpha value is -2.11. The van der Waals surface area contributed by atoms with E-state index < -0.39 is 17.9 Å². The van der Waals surface area contributed by atoms with E-state index >= 15 is 0 Å². The number of nitrogens with one attached hydrogen (secondary N) is 1. The molecule has 0 bridgehead atoms. The number of hydrogen-bond acceptors (Lipinski definition) is 4. The third-order valence-corrected chi connectivity index (χ3v) is 2.89. The van der Waals surface area contributed by atoms with Gasteiger partial charge < -0.3 is 15.8 Å². The van der Waals surface area contributed by atoms with Crippen molar-refractivity contribution in [2.24, 2.45) is 0 Å². The molecular weight excluding hydrogens is 263 g/mol. The average molecular weight is 282 g/mol. The van der Waals surface area contributed by atoms with E-state index in [0.29, 0.717) is 0 Å². The van der Waals surface area contributed by atoms with Crippen LogP contribution in [-0.2, 0) is 9.53 Å². The Kier molecular flexibility index (Phi) is 5.49. The molecule has 0 spiro atoms. The maximum absolute atomic E-state index is 13.0. The van der Waals surface area contributed by atoms with E-state index in [1.165, 1.54) is 19.1 Å². The van der Waals surface area contributed by atoms with Crippen LogP contribution in [0.2, 0.25) is 0 Å². The van der Waals surface area contributed by atoms with Gasteiger partial charge in [0.2, 0.25) is 0 Å². The van der Waals surface area contributed by atoms with E-state index in [1.54, 1.807) is 0 Å². The molecule has 20 heavy (non-hydrogen) atoms. The summed E-state index contributed by atoms with van der Waals surface area (Å²) < 4.78 is 18.0. The van der Waals surface area contributed by atoms with Gasteiger partial charge in [0.25, 0.3) is 5.91 Å². The van der Waals surface area contributed by atoms with Gasteiger partial charge in [-0.2, -0.15) is 0 Å². The van der Waals surface area contributed by atoms with Gasteiger partial charge in [-0.1, -0.05) is 6.92 Å². The van der Waals surface area contributed by atoms with Crippen molar-refractivity contribution in [2.75, 3.05) is 5.73 Å². The minimum atomic E-state index is -0.928. The predicted molar refractivity (Wildman–Crippen MR) is 73.6 cm³/mol. The molecule has 0 saturated carbocycles. The second-order valence-electron chi connectivity index (χ2n) is 4.60. The van der Waals surface area contributed by atoms with Crippen LogP contribution in [0.15, 0.2) is 18.2 Å². The second kappa shape index (κ2) is 6.88. The first-order chi connectivity index (χ1) is 9.35. The lowest BCUT2D eigenvalue weighted by atomic mass is 10.2. The number of carbonyl (C=O) groups excluding carboxylic acids is 2. The number of ether oxygens (including phenoxy) is 1. The van der Waals surface area contributed by atoms with Crippen molar-refractivity contribution in [2.45, 2.75) is 39.3 Å². The van der Waals surface area contributed by atoms with E-state index in [-0.39, 0.29) is 23.2 Å². The van der Waals surface area contributed by atoms with Crippen molar-refractivity contribution in [1.82, 2.24) is 5.32 Å². The molecule has 1 rings (SSSR count). The summed E-state index contributed by atoms with van der Waals surface area (Å²) in [6.07, 6.45) is -0.149. The SMILES string of the molecule is CCC(C)NC(=O)C(C)OC(=O)c1ccc(F)c(N)c1. The monoisotopic (exact) mass is 282 g/mol. The second-order valence-corrected chi connectivity index (χ2v) is 4.60. The van der Waals surface area contributed by atoms with Gasteiger partial charge in [0.15, 0.2) is 6.10 Å². The molecule has 2 atom stereocenters. The fourth-order valence-electron chi connectivity index (χ4n) is 1.42. The first kappa shape index (κ1) is 15.9. The van der Waals surface area contributed by atoms with Crippen LogP contribution in [0.3, 0.4) is 0 Å². The highest BCUT2D eigenvalue weighted by molar-refractivity contribution is 5.93. The molecule has 0 radical (unpaired) electrons. The van der Waals surface area contributed by atoms with Gasteiger partial charge in [0.1, 0.15) is 5.82 Å². The fraction of sp³-hybridized carbons (Fsp3) is 0.429. The molecule has 0 aliphatic rings. The van der Waals surface area contributed by atoms with Gasteiger partial charge >= 0.3 is 5.97 Å². The summed E-state index contributed by atoms with van der Waals surface area (Å²) in [5.41, 5.74) is 5.33. The molecule has 0 fully saturated rings. The molecular formula is C14H19FN2O3. The van der Waals surface area contributed by atoms with Gasteiger partial charge in [0, 0.05) is 6.04 Å². The molecule has 1 amide bonds. The minimum Gasteiger partial charge on any atom is -0.449 e. The highest BCUT2D eigenvalue weighted by atomic mass is 19.1. The van der Waals surface area contributed by atoms with Crippen LogP contribution < -0.4 is 11.1 Å². The highest BCUT2D eigenvalue weighted by Gasteiger charge is 2.20. The fourth-order valence-corrected chi connectivity index (χ4v) is 1.42. The third-order valence-electron chi connectivity index (χ3n) is 2.89. The number of benzene rings is 1. The van der Waals surface area contributed by atoms with Crippen molar-refractivity contribution in [3.8, 4) is 0 Å². The molecule has 1 aromatic rings. The largest absolute Gasteiger partial charge is 0.449 e. The Morgan fingerprint density at radius 3 is 2.60 bits per heavy atom. The van der Waals surface area contributed by atoms with Gasteiger partial charge in [0.05, 0.1) is 11.3 Å². The average Bonchev–Trinajstić information content (AvgIpc) is 2.41. The van der Waals surface area contributed by atoms with Crippen molar-refractivity contribution >= 4 is 17.6 Å². The number of rotatable bonds is 5. The van der Waals surface area contributed by atoms with Crippen molar-refractivity contribution in [3.63, 3.8) is 0 Å². The summed E-state index contributed by atoms with van der Waals surface area (Å²) in [5, 5.41) is 2.71. The number of amides is 1. The van der Waals surface area contributed by atoms with Crippen LogP contribution in [0.1, 0.15) is 37.6 Å². The first-order valence-corrected chi connectivity index (χ1v) is 6.41. The zero-order valence-electron chi connectivity index (χ0n) is 11.8. The Morgan fingerprint density at radius 1 is 1.40 bits per heavy atom. The molecule has 110 valence electrons. The van der Waals surface area contributed by atoms with Gasteiger partial charge in [-0.3, -0.25) is 4.79 Å². The molecule has 0 aromatic heterocycles. The number of nitrogens with two attached hydrogens (primary N) is 1. The molecule has 2 unspecified atom stereocenters. The third kappa shape index (κ3) is 4.22. The molecule has 0 aliphatic carbocycles. The Labute approximate surface area is 117 Å². The highest BCUT2D eigenvalue weighted by Crippen LogP contribution is 2.13. The maximum atomic E-state index is 13.0. The van der Waals surface area contributed by atoms with E-state index in [2.05, 4.69) is 5.32 Å². The lowest BCUT2D eigenvalue weighted by Crippen LogP contribution is -2.40. The number of esters is 1. The Balaban J connectivity index is 2.65. The summed E-state index contributed by atoms with van der Waals surface area (Å²) in [7, 11) is 0. The molecule has 3 N–H and O–H groups in total. The number of halogens is 1. The lowest BCUT2D eigenvalue weighted by molar-refractivity contribution is -0.129. The van der Waals surface area contributed by atoms with Gasteiger partial charge in [-0.15, -0.1) is 0 Å². The summed E-state index contributed by atoms with van der Waals surface area (Å²) in [4.78, 5) is 23.5. The van der Waals surface area contributed by atoms with Crippen molar-refractivity contribution in [3.05, 3.63) is 29.6 Å². The van der Waals surface area contributed by atoms with Crippen LogP contribution in [-0.4, -0.2) is 24.0 Å². The molecule has 0 aliphatic heterocycles. The lowest BCUT2D eigenvalue weighted by Gasteiger charge is -2.16. The van der Waals surface area contributed by atoms with Crippen LogP contribution >= 0.6 is 0 Å². The molecule has 0 saturated heterocycles. The summed E-state index contributed by atoms with van der Waals surface area (Å²) in [6, 6.07) is 3.52. The van der Waals surface area contributed by atoms with Gasteiger partial charge in [-0.25, -0.2) is 9.18 Å². The normalized spacial score (nSPS) is 13.4. The zero-order chi connectivity index (χ0) is 15.3. The van der Waals surface area contributed by atoms with E-state index in [4.69, 9.17) is 10.5 Å². The summed E-state index contributed by atoms with van der Waals surface area (Å²) in [5.74, 6) is -1.70. The van der Waals surface area contributed by atoms with Crippen LogP contribution in [0.25, 0.3) is 0 Å². The first-order valence-electron chi connectivity index (χ1n) is 6.41. The van der Waals surface area contributed by atoms with Crippen LogP contribution in [0.5, 0.6) is 0 Å². The Bertz CT molecular complexity index is 505. The number of nitrogen functional groups attached to an aromatic ring is 1. The smallest absolute Gasteiger partial charge is 0.338 e. The van der Waals surface area contributed by atoms with E-state index in [9.17, 15) is 14.0 Å².